The molecule has 0 amide bonds. The summed E-state index contributed by atoms with van der Waals surface area (Å²) in [6.07, 6.45) is -0.733. The molecule has 1 aliphatic heterocycles. The lowest BCUT2D eigenvalue weighted by molar-refractivity contribution is 0.0834. The molecule has 1 fully saturated rings. The van der Waals surface area contributed by atoms with E-state index in [0.717, 1.165) is 36.6 Å². The van der Waals surface area contributed by atoms with E-state index in [4.69, 9.17) is 4.74 Å². The molecule has 2 atom stereocenters. The van der Waals surface area contributed by atoms with Crippen LogP contribution >= 0.6 is 0 Å². The van der Waals surface area contributed by atoms with E-state index >= 15 is 0 Å². The average molecular weight is 444 g/mol. The van der Waals surface area contributed by atoms with Crippen LogP contribution in [0.2, 0.25) is 0 Å². The third-order valence-electron chi connectivity index (χ3n) is 6.17. The monoisotopic (exact) mass is 443 g/mol. The standard InChI is InChI=1S/C25H31F2N3O2/c1-17(29(2)3)28-12-18-4-6-19(7-5-18)13-30-14-20-8-9-22(10-23(20)24(31)15-30)32-16-21-11-25(21,26)27/h4-10,21,24,28,31H,1,11-16H2,2-3H3. The number of alkyl halides is 2. The first kappa shape index (κ1) is 22.6. The van der Waals surface area contributed by atoms with Crippen molar-refractivity contribution in [1.29, 1.82) is 0 Å². The summed E-state index contributed by atoms with van der Waals surface area (Å²) in [6.45, 7) is 6.68. The molecule has 0 spiro atoms. The highest BCUT2D eigenvalue weighted by Gasteiger charge is 2.57. The van der Waals surface area contributed by atoms with Crippen LogP contribution in [-0.2, 0) is 19.6 Å². The Kier molecular flexibility index (Phi) is 6.40. The fourth-order valence-electron chi connectivity index (χ4n) is 3.92. The highest BCUT2D eigenvalue weighted by Crippen LogP contribution is 2.48. The fourth-order valence-corrected chi connectivity index (χ4v) is 3.92. The van der Waals surface area contributed by atoms with Gasteiger partial charge in [-0.15, -0.1) is 0 Å². The van der Waals surface area contributed by atoms with Crippen molar-refractivity contribution < 1.29 is 18.6 Å². The first-order valence-electron chi connectivity index (χ1n) is 10.9. The molecule has 0 radical (unpaired) electrons. The number of benzene rings is 2. The normalized spacial score (nSPS) is 21.5. The van der Waals surface area contributed by atoms with Gasteiger partial charge in [0.2, 0.25) is 0 Å². The third kappa shape index (κ3) is 5.40. The first-order valence-corrected chi connectivity index (χ1v) is 10.9. The second-order valence-electron chi connectivity index (χ2n) is 9.03. The minimum atomic E-state index is -2.58. The molecule has 2 aliphatic rings. The summed E-state index contributed by atoms with van der Waals surface area (Å²) in [5.74, 6) is -1.86. The predicted octanol–water partition coefficient (Wildman–Crippen LogP) is 3.89. The van der Waals surface area contributed by atoms with Crippen LogP contribution in [0.25, 0.3) is 0 Å². The Balaban J connectivity index is 1.32. The van der Waals surface area contributed by atoms with Crippen molar-refractivity contribution in [3.63, 3.8) is 0 Å². The average Bonchev–Trinajstić information content (AvgIpc) is 3.38. The van der Waals surface area contributed by atoms with Crippen molar-refractivity contribution in [1.82, 2.24) is 15.1 Å². The van der Waals surface area contributed by atoms with E-state index in [-0.39, 0.29) is 13.0 Å². The van der Waals surface area contributed by atoms with Gasteiger partial charge in [-0.05, 0) is 34.4 Å². The van der Waals surface area contributed by atoms with Gasteiger partial charge >= 0.3 is 0 Å². The molecule has 4 rings (SSSR count). The van der Waals surface area contributed by atoms with Crippen LogP contribution in [0.5, 0.6) is 5.75 Å². The van der Waals surface area contributed by atoms with Gasteiger partial charge in [0, 0.05) is 46.7 Å². The van der Waals surface area contributed by atoms with E-state index in [2.05, 4.69) is 41.1 Å². The van der Waals surface area contributed by atoms with E-state index in [1.54, 1.807) is 12.1 Å². The van der Waals surface area contributed by atoms with Crippen LogP contribution in [0.15, 0.2) is 54.9 Å². The van der Waals surface area contributed by atoms with Gasteiger partial charge in [0.25, 0.3) is 5.92 Å². The second-order valence-corrected chi connectivity index (χ2v) is 9.03. The Morgan fingerprint density at radius 2 is 1.91 bits per heavy atom. The summed E-state index contributed by atoms with van der Waals surface area (Å²) < 4.78 is 31.6. The number of ether oxygens (including phenoxy) is 1. The summed E-state index contributed by atoms with van der Waals surface area (Å²) in [5, 5.41) is 14.0. The molecule has 2 aromatic rings. The maximum atomic E-state index is 13.0. The smallest absolute Gasteiger partial charge is 0.255 e. The van der Waals surface area contributed by atoms with Gasteiger partial charge in [0.15, 0.2) is 0 Å². The Hall–Kier alpha value is -2.64. The maximum absolute atomic E-state index is 13.0. The van der Waals surface area contributed by atoms with Gasteiger partial charge in [-0.3, -0.25) is 4.90 Å². The van der Waals surface area contributed by atoms with Gasteiger partial charge in [-0.25, -0.2) is 8.78 Å². The van der Waals surface area contributed by atoms with Crippen LogP contribution in [0.4, 0.5) is 8.78 Å². The number of nitrogens with zero attached hydrogens (tertiary/aromatic N) is 2. The summed E-state index contributed by atoms with van der Waals surface area (Å²) in [7, 11) is 3.90. The number of hydrogen-bond acceptors (Lipinski definition) is 5. The summed E-state index contributed by atoms with van der Waals surface area (Å²) in [4.78, 5) is 4.15. The van der Waals surface area contributed by atoms with Crippen LogP contribution in [-0.4, -0.2) is 48.1 Å². The zero-order valence-corrected chi connectivity index (χ0v) is 18.7. The minimum Gasteiger partial charge on any atom is -0.493 e. The zero-order chi connectivity index (χ0) is 22.9. The van der Waals surface area contributed by atoms with E-state index in [1.807, 2.05) is 25.1 Å². The predicted molar refractivity (Wildman–Crippen MR) is 120 cm³/mol. The largest absolute Gasteiger partial charge is 0.493 e. The zero-order valence-electron chi connectivity index (χ0n) is 18.7. The topological polar surface area (TPSA) is 48.0 Å². The fraction of sp³-hybridized carbons (Fsp3) is 0.440. The molecule has 5 nitrogen and oxygen atoms in total. The van der Waals surface area contributed by atoms with Gasteiger partial charge < -0.3 is 20.1 Å². The van der Waals surface area contributed by atoms with Crippen molar-refractivity contribution in [3.05, 3.63) is 77.1 Å². The van der Waals surface area contributed by atoms with E-state index in [1.165, 1.54) is 11.1 Å². The van der Waals surface area contributed by atoms with Gasteiger partial charge in [-0.2, -0.15) is 0 Å². The number of aliphatic hydroxyl groups excluding tert-OH is 1. The number of fused-ring (bicyclic) bond motifs is 1. The van der Waals surface area contributed by atoms with Crippen molar-refractivity contribution in [3.8, 4) is 5.75 Å². The number of nitrogens with one attached hydrogen (secondary N) is 1. The van der Waals surface area contributed by atoms with Gasteiger partial charge in [0.1, 0.15) is 5.75 Å². The Bertz CT molecular complexity index is 962. The molecule has 2 unspecified atom stereocenters. The highest BCUT2D eigenvalue weighted by atomic mass is 19.3. The molecule has 2 N–H and O–H groups in total. The molecule has 7 heteroatoms. The summed E-state index contributed by atoms with van der Waals surface area (Å²) in [6, 6.07) is 14.0. The molecular formula is C25H31F2N3O2. The van der Waals surface area contributed by atoms with E-state index < -0.39 is 17.9 Å². The molecule has 1 aliphatic carbocycles. The quantitative estimate of drug-likeness (QED) is 0.616. The Labute approximate surface area is 188 Å². The minimum absolute atomic E-state index is 0.0166. The lowest BCUT2D eigenvalue weighted by atomic mass is 9.96. The molecule has 2 aromatic carbocycles. The van der Waals surface area contributed by atoms with Crippen molar-refractivity contribution in [2.75, 3.05) is 27.2 Å². The Morgan fingerprint density at radius 1 is 1.22 bits per heavy atom. The van der Waals surface area contributed by atoms with Crippen LogP contribution in [0.3, 0.4) is 0 Å². The molecule has 0 bridgehead atoms. The Morgan fingerprint density at radius 3 is 2.56 bits per heavy atom. The highest BCUT2D eigenvalue weighted by molar-refractivity contribution is 5.39. The van der Waals surface area contributed by atoms with Gasteiger partial charge in [0.05, 0.1) is 24.4 Å². The molecule has 1 heterocycles. The first-order chi connectivity index (χ1) is 15.2. The van der Waals surface area contributed by atoms with Crippen molar-refractivity contribution >= 4 is 0 Å². The molecule has 0 saturated heterocycles. The molecule has 172 valence electrons. The maximum Gasteiger partial charge on any atom is 0.255 e. The van der Waals surface area contributed by atoms with Crippen molar-refractivity contribution in [2.24, 2.45) is 5.92 Å². The number of halogens is 2. The van der Waals surface area contributed by atoms with E-state index in [9.17, 15) is 13.9 Å². The summed E-state index contributed by atoms with van der Waals surface area (Å²) >= 11 is 0. The number of rotatable bonds is 9. The van der Waals surface area contributed by atoms with Crippen LogP contribution in [0, 0.1) is 5.92 Å². The lowest BCUT2D eigenvalue weighted by Crippen LogP contribution is -2.33. The molecule has 0 aromatic heterocycles. The number of aliphatic hydroxyl groups is 1. The second kappa shape index (κ2) is 9.08. The van der Waals surface area contributed by atoms with Crippen LogP contribution in [0.1, 0.15) is 34.8 Å². The summed E-state index contributed by atoms with van der Waals surface area (Å²) in [5.41, 5.74) is 4.22. The molecular weight excluding hydrogens is 412 g/mol. The molecule has 1 saturated carbocycles. The van der Waals surface area contributed by atoms with E-state index in [0.29, 0.717) is 12.3 Å². The SMILES string of the molecule is C=C(NCc1ccc(CN2Cc3ccc(OCC4CC4(F)F)cc3C(O)C2)cc1)N(C)C. The van der Waals surface area contributed by atoms with Crippen molar-refractivity contribution in [2.45, 2.75) is 38.1 Å². The number of β-amino-alcohol motifs (C(OH)–C–C–N with tert-alkyl or cyclic N) is 1. The van der Waals surface area contributed by atoms with Gasteiger partial charge in [-0.1, -0.05) is 36.9 Å². The number of hydrogen-bond donors (Lipinski definition) is 2. The molecule has 32 heavy (non-hydrogen) atoms. The van der Waals surface area contributed by atoms with Crippen LogP contribution < -0.4 is 10.1 Å². The lowest BCUT2D eigenvalue weighted by Gasteiger charge is -2.32. The third-order valence-corrected chi connectivity index (χ3v) is 6.17.